The molecule has 1 aliphatic heterocycles. The van der Waals surface area contributed by atoms with Crippen LogP contribution in [0.1, 0.15) is 53.8 Å². The fraction of sp³-hybridized carbons (Fsp3) is 0.375. The number of carbonyl (C=O) groups is 3. The lowest BCUT2D eigenvalue weighted by Crippen LogP contribution is -2.37. The predicted octanol–water partition coefficient (Wildman–Crippen LogP) is 3.50. The van der Waals surface area contributed by atoms with Gasteiger partial charge in [-0.15, -0.1) is 0 Å². The van der Waals surface area contributed by atoms with Crippen LogP contribution in [0.2, 0.25) is 0 Å². The van der Waals surface area contributed by atoms with Crippen LogP contribution in [-0.2, 0) is 19.6 Å². The predicted molar refractivity (Wildman–Crippen MR) is 124 cm³/mol. The van der Waals surface area contributed by atoms with Gasteiger partial charge in [0, 0.05) is 30.8 Å². The van der Waals surface area contributed by atoms with Crippen molar-refractivity contribution in [2.24, 2.45) is 5.92 Å². The van der Waals surface area contributed by atoms with E-state index in [1.54, 1.807) is 31.2 Å². The Balaban J connectivity index is 1.56. The minimum Gasteiger partial charge on any atom is -0.454 e. The van der Waals surface area contributed by atoms with Crippen molar-refractivity contribution in [3.05, 3.63) is 59.7 Å². The molecule has 9 heteroatoms. The first kappa shape index (κ1) is 24.6. The fourth-order valence-electron chi connectivity index (χ4n) is 3.42. The van der Waals surface area contributed by atoms with Gasteiger partial charge in [-0.2, -0.15) is 4.31 Å². The SMILES string of the molecule is CCC(=O)Nc1ccc(C(=O)COC(=O)c2ccc(S(=O)(=O)N3CCC(C)CC3)cc2)cc1. The van der Waals surface area contributed by atoms with Crippen LogP contribution in [0.4, 0.5) is 5.69 Å². The van der Waals surface area contributed by atoms with Crippen molar-refractivity contribution < 1.29 is 27.5 Å². The molecular formula is C24H28N2O6S. The first-order chi connectivity index (χ1) is 15.7. The molecule has 2 aromatic carbocycles. The Morgan fingerprint density at radius 2 is 1.55 bits per heavy atom. The lowest BCUT2D eigenvalue weighted by atomic mass is 10.0. The first-order valence-corrected chi connectivity index (χ1v) is 12.3. The number of hydrogen-bond donors (Lipinski definition) is 1. The Kier molecular flexibility index (Phi) is 7.99. The highest BCUT2D eigenvalue weighted by atomic mass is 32.2. The van der Waals surface area contributed by atoms with E-state index in [4.69, 9.17) is 4.74 Å². The van der Waals surface area contributed by atoms with E-state index in [-0.39, 0.29) is 16.4 Å². The number of rotatable bonds is 8. The summed E-state index contributed by atoms with van der Waals surface area (Å²) in [6, 6.07) is 11.8. The average Bonchev–Trinajstić information content (AvgIpc) is 2.83. The summed E-state index contributed by atoms with van der Waals surface area (Å²) in [6.07, 6.45) is 2.00. The van der Waals surface area contributed by atoms with Crippen LogP contribution in [0.5, 0.6) is 0 Å². The molecule has 8 nitrogen and oxygen atoms in total. The monoisotopic (exact) mass is 472 g/mol. The Hall–Kier alpha value is -3.04. The molecule has 0 radical (unpaired) electrons. The Bertz CT molecular complexity index is 1100. The van der Waals surface area contributed by atoms with Gasteiger partial charge in [-0.05, 0) is 67.3 Å². The van der Waals surface area contributed by atoms with Gasteiger partial charge in [0.15, 0.2) is 12.4 Å². The summed E-state index contributed by atoms with van der Waals surface area (Å²) in [7, 11) is -3.60. The van der Waals surface area contributed by atoms with Crippen molar-refractivity contribution in [1.29, 1.82) is 0 Å². The molecule has 1 amide bonds. The van der Waals surface area contributed by atoms with Gasteiger partial charge < -0.3 is 10.1 Å². The number of sulfonamides is 1. The number of hydrogen-bond acceptors (Lipinski definition) is 6. The topological polar surface area (TPSA) is 110 Å². The van der Waals surface area contributed by atoms with E-state index in [2.05, 4.69) is 12.2 Å². The summed E-state index contributed by atoms with van der Waals surface area (Å²) in [5.74, 6) is -0.732. The standard InChI is InChI=1S/C24H28N2O6S/c1-3-23(28)25-20-8-4-18(5-9-20)22(27)16-32-24(29)19-6-10-21(11-7-19)33(30,31)26-14-12-17(2)13-15-26/h4-11,17H,3,12-16H2,1-2H3,(H,25,28). The highest BCUT2D eigenvalue weighted by Crippen LogP contribution is 2.23. The number of carbonyl (C=O) groups excluding carboxylic acids is 3. The van der Waals surface area contributed by atoms with Gasteiger partial charge in [0.25, 0.3) is 0 Å². The van der Waals surface area contributed by atoms with Gasteiger partial charge in [-0.3, -0.25) is 9.59 Å². The number of nitrogens with one attached hydrogen (secondary N) is 1. The average molecular weight is 473 g/mol. The third-order valence-corrected chi connectivity index (χ3v) is 7.53. The second kappa shape index (κ2) is 10.7. The highest BCUT2D eigenvalue weighted by Gasteiger charge is 2.28. The molecule has 0 spiro atoms. The van der Waals surface area contributed by atoms with Crippen LogP contribution in [0.15, 0.2) is 53.4 Å². The van der Waals surface area contributed by atoms with E-state index >= 15 is 0 Å². The van der Waals surface area contributed by atoms with E-state index in [1.807, 2.05) is 0 Å². The van der Waals surface area contributed by atoms with E-state index in [0.29, 0.717) is 36.7 Å². The second-order valence-electron chi connectivity index (χ2n) is 8.09. The number of Topliss-reactive ketones (excluding diaryl/α,β-unsaturated/α-hetero) is 1. The van der Waals surface area contributed by atoms with Crippen molar-refractivity contribution in [3.8, 4) is 0 Å². The number of benzene rings is 2. The van der Waals surface area contributed by atoms with Gasteiger partial charge in [0.2, 0.25) is 15.9 Å². The minimum absolute atomic E-state index is 0.125. The Morgan fingerprint density at radius 1 is 0.970 bits per heavy atom. The molecule has 1 N–H and O–H groups in total. The maximum atomic E-state index is 12.8. The summed E-state index contributed by atoms with van der Waals surface area (Å²) in [5.41, 5.74) is 1.07. The van der Waals surface area contributed by atoms with Crippen molar-refractivity contribution in [2.45, 2.75) is 38.0 Å². The smallest absolute Gasteiger partial charge is 0.338 e. The molecule has 0 saturated carbocycles. The van der Waals surface area contributed by atoms with Crippen LogP contribution in [0.3, 0.4) is 0 Å². The van der Waals surface area contributed by atoms with Gasteiger partial charge in [-0.1, -0.05) is 13.8 Å². The zero-order valence-electron chi connectivity index (χ0n) is 18.7. The Labute approximate surface area is 194 Å². The van der Waals surface area contributed by atoms with E-state index < -0.39 is 28.4 Å². The van der Waals surface area contributed by atoms with Gasteiger partial charge in [0.05, 0.1) is 10.5 Å². The van der Waals surface area contributed by atoms with Crippen LogP contribution in [-0.4, -0.2) is 50.1 Å². The number of ether oxygens (including phenoxy) is 1. The van der Waals surface area contributed by atoms with Gasteiger partial charge in [0.1, 0.15) is 0 Å². The van der Waals surface area contributed by atoms with Crippen molar-refractivity contribution in [2.75, 3.05) is 25.0 Å². The zero-order valence-corrected chi connectivity index (χ0v) is 19.6. The minimum atomic E-state index is -3.60. The molecule has 1 aliphatic rings. The normalized spacial score (nSPS) is 15.1. The van der Waals surface area contributed by atoms with Crippen LogP contribution >= 0.6 is 0 Å². The molecule has 0 aliphatic carbocycles. The third-order valence-electron chi connectivity index (χ3n) is 5.62. The number of esters is 1. The molecule has 0 bridgehead atoms. The quantitative estimate of drug-likeness (QED) is 0.465. The maximum absolute atomic E-state index is 12.8. The summed E-state index contributed by atoms with van der Waals surface area (Å²) in [5, 5.41) is 2.69. The summed E-state index contributed by atoms with van der Waals surface area (Å²) < 4.78 is 32.1. The van der Waals surface area contributed by atoms with Crippen LogP contribution in [0, 0.1) is 5.92 Å². The molecular weight excluding hydrogens is 444 g/mol. The van der Waals surface area contributed by atoms with E-state index in [9.17, 15) is 22.8 Å². The number of piperidine rings is 1. The first-order valence-electron chi connectivity index (χ1n) is 10.9. The fourth-order valence-corrected chi connectivity index (χ4v) is 4.89. The van der Waals surface area contributed by atoms with Crippen LogP contribution in [0.25, 0.3) is 0 Å². The van der Waals surface area contributed by atoms with Crippen molar-refractivity contribution in [1.82, 2.24) is 4.31 Å². The molecule has 0 atom stereocenters. The number of amides is 1. The molecule has 0 unspecified atom stereocenters. The van der Waals surface area contributed by atoms with Crippen LogP contribution < -0.4 is 5.32 Å². The molecule has 0 aromatic heterocycles. The highest BCUT2D eigenvalue weighted by molar-refractivity contribution is 7.89. The second-order valence-corrected chi connectivity index (χ2v) is 10.0. The third kappa shape index (κ3) is 6.27. The largest absolute Gasteiger partial charge is 0.454 e. The maximum Gasteiger partial charge on any atom is 0.338 e. The zero-order chi connectivity index (χ0) is 24.0. The lowest BCUT2D eigenvalue weighted by Gasteiger charge is -2.29. The summed E-state index contributed by atoms with van der Waals surface area (Å²) in [4.78, 5) is 36.1. The number of nitrogens with zero attached hydrogens (tertiary/aromatic N) is 1. The summed E-state index contributed by atoms with van der Waals surface area (Å²) >= 11 is 0. The Morgan fingerprint density at radius 3 is 2.12 bits per heavy atom. The molecule has 3 rings (SSSR count). The number of ketones is 1. The van der Waals surface area contributed by atoms with Crippen molar-refractivity contribution >= 4 is 33.4 Å². The number of anilines is 1. The van der Waals surface area contributed by atoms with Gasteiger partial charge >= 0.3 is 5.97 Å². The summed E-state index contributed by atoms with van der Waals surface area (Å²) in [6.45, 7) is 4.37. The van der Waals surface area contributed by atoms with E-state index in [1.165, 1.54) is 28.6 Å². The molecule has 1 saturated heterocycles. The molecule has 33 heavy (non-hydrogen) atoms. The molecule has 2 aromatic rings. The molecule has 1 heterocycles. The van der Waals surface area contributed by atoms with E-state index in [0.717, 1.165) is 12.8 Å². The molecule has 176 valence electrons. The molecule has 1 fully saturated rings. The lowest BCUT2D eigenvalue weighted by molar-refractivity contribution is -0.115. The van der Waals surface area contributed by atoms with Gasteiger partial charge in [-0.25, -0.2) is 13.2 Å². The van der Waals surface area contributed by atoms with Crippen molar-refractivity contribution in [3.63, 3.8) is 0 Å².